The summed E-state index contributed by atoms with van der Waals surface area (Å²) in [4.78, 5) is 25.4. The van der Waals surface area contributed by atoms with Crippen LogP contribution >= 0.6 is 0 Å². The van der Waals surface area contributed by atoms with Crippen molar-refractivity contribution in [3.05, 3.63) is 29.6 Å². The fourth-order valence-corrected chi connectivity index (χ4v) is 0.810. The van der Waals surface area contributed by atoms with Crippen LogP contribution in [0.1, 0.15) is 48.5 Å². The van der Waals surface area contributed by atoms with Crippen molar-refractivity contribution in [3.8, 4) is 0 Å². The number of Topliss-reactive ketones (excluding diaryl/α,β-unsaturated/α-hetero) is 2. The lowest BCUT2D eigenvalue weighted by Gasteiger charge is -1.95. The molecule has 1 rings (SSSR count). The van der Waals surface area contributed by atoms with Crippen LogP contribution in [-0.2, 0) is 0 Å². The van der Waals surface area contributed by atoms with E-state index in [1.54, 1.807) is 12.1 Å². The summed E-state index contributed by atoms with van der Waals surface area (Å²) in [5.41, 5.74) is 0.917. The number of carbonyl (C=O) groups is 2. The quantitative estimate of drug-likeness (QED) is 0.678. The summed E-state index contributed by atoms with van der Waals surface area (Å²) >= 11 is 0. The average molecular weight is 193 g/mol. The van der Waals surface area contributed by atoms with Crippen LogP contribution in [-0.4, -0.2) is 16.6 Å². The van der Waals surface area contributed by atoms with Crippen molar-refractivity contribution in [2.75, 3.05) is 0 Å². The summed E-state index contributed by atoms with van der Waals surface area (Å²) < 4.78 is 0. The summed E-state index contributed by atoms with van der Waals surface area (Å²) in [6, 6.07) is 3.16. The second-order valence-corrected chi connectivity index (χ2v) is 2.54. The fraction of sp³-hybridized carbons (Fsp3) is 0.364. The minimum Gasteiger partial charge on any atom is -0.294 e. The topological polar surface area (TPSA) is 47.0 Å². The number of hydrogen-bond acceptors (Lipinski definition) is 3. The molecule has 0 atom stereocenters. The van der Waals surface area contributed by atoms with Gasteiger partial charge in [0.05, 0.1) is 0 Å². The lowest BCUT2D eigenvalue weighted by Crippen LogP contribution is -1.99. The van der Waals surface area contributed by atoms with Crippen LogP contribution in [0.15, 0.2) is 18.3 Å². The van der Waals surface area contributed by atoms with Crippen LogP contribution in [0.3, 0.4) is 0 Å². The van der Waals surface area contributed by atoms with E-state index in [4.69, 9.17) is 0 Å². The largest absolute Gasteiger partial charge is 0.294 e. The summed E-state index contributed by atoms with van der Waals surface area (Å²) in [5, 5.41) is 0. The molecular weight excluding hydrogens is 178 g/mol. The predicted molar refractivity (Wildman–Crippen MR) is 55.6 cm³/mol. The van der Waals surface area contributed by atoms with E-state index in [1.165, 1.54) is 20.0 Å². The van der Waals surface area contributed by atoms with E-state index < -0.39 is 0 Å². The third-order valence-corrected chi connectivity index (χ3v) is 1.53. The van der Waals surface area contributed by atoms with Gasteiger partial charge in [0.15, 0.2) is 11.6 Å². The molecule has 0 unspecified atom stereocenters. The Morgan fingerprint density at radius 3 is 1.93 bits per heavy atom. The molecule has 0 radical (unpaired) electrons. The van der Waals surface area contributed by atoms with Gasteiger partial charge in [0, 0.05) is 18.7 Å². The maximum Gasteiger partial charge on any atom is 0.178 e. The smallest absolute Gasteiger partial charge is 0.178 e. The molecule has 0 spiro atoms. The maximum atomic E-state index is 10.8. The monoisotopic (exact) mass is 193 g/mol. The average Bonchev–Trinajstić information content (AvgIpc) is 2.21. The zero-order valence-electron chi connectivity index (χ0n) is 9.00. The van der Waals surface area contributed by atoms with Gasteiger partial charge < -0.3 is 0 Å². The lowest BCUT2D eigenvalue weighted by atomic mass is 10.2. The molecule has 0 amide bonds. The highest BCUT2D eigenvalue weighted by Gasteiger charge is 2.02. The van der Waals surface area contributed by atoms with Crippen LogP contribution in [0.2, 0.25) is 0 Å². The number of nitrogens with zero attached hydrogens (tertiary/aromatic N) is 1. The van der Waals surface area contributed by atoms with Crippen molar-refractivity contribution >= 4 is 11.6 Å². The van der Waals surface area contributed by atoms with Gasteiger partial charge in [-0.1, -0.05) is 13.8 Å². The van der Waals surface area contributed by atoms with E-state index in [9.17, 15) is 9.59 Å². The third kappa shape index (κ3) is 3.47. The number of carbonyl (C=O) groups excluding carboxylic acids is 2. The number of pyridine rings is 1. The summed E-state index contributed by atoms with van der Waals surface area (Å²) in [6.07, 6.45) is 1.42. The molecule has 76 valence electrons. The molecule has 0 aliphatic heterocycles. The zero-order chi connectivity index (χ0) is 11.1. The molecule has 0 fully saturated rings. The highest BCUT2D eigenvalue weighted by atomic mass is 16.1. The molecule has 0 aliphatic carbocycles. The highest BCUT2D eigenvalue weighted by molar-refractivity contribution is 5.95. The molecule has 0 aliphatic rings. The standard InChI is InChI=1S/C9H9NO2.C2H6/c1-6(11)8-3-4-9(7(2)12)10-5-8;1-2/h3-5H,1-2H3;1-2H3. The van der Waals surface area contributed by atoms with Crippen molar-refractivity contribution in [2.24, 2.45) is 0 Å². The number of ketones is 2. The van der Waals surface area contributed by atoms with Crippen molar-refractivity contribution in [2.45, 2.75) is 27.7 Å². The molecule has 0 aromatic carbocycles. The van der Waals surface area contributed by atoms with E-state index in [0.717, 1.165) is 0 Å². The Morgan fingerprint density at radius 1 is 1.07 bits per heavy atom. The van der Waals surface area contributed by atoms with Crippen molar-refractivity contribution in [1.29, 1.82) is 0 Å². The van der Waals surface area contributed by atoms with Crippen molar-refractivity contribution in [3.63, 3.8) is 0 Å². The zero-order valence-corrected chi connectivity index (χ0v) is 9.00. The maximum absolute atomic E-state index is 10.8. The molecular formula is C11H15NO2. The Hall–Kier alpha value is -1.51. The lowest BCUT2D eigenvalue weighted by molar-refractivity contribution is 0.0997. The molecule has 3 nitrogen and oxygen atoms in total. The van der Waals surface area contributed by atoms with E-state index >= 15 is 0 Å². The van der Waals surface area contributed by atoms with Gasteiger partial charge in [-0.25, -0.2) is 0 Å². The second kappa shape index (κ2) is 6.02. The number of aromatic nitrogens is 1. The van der Waals surface area contributed by atoms with E-state index in [0.29, 0.717) is 11.3 Å². The Morgan fingerprint density at radius 2 is 1.64 bits per heavy atom. The molecule has 1 aromatic rings. The van der Waals surface area contributed by atoms with E-state index in [-0.39, 0.29) is 11.6 Å². The van der Waals surface area contributed by atoms with E-state index in [1.807, 2.05) is 13.8 Å². The fourth-order valence-electron chi connectivity index (χ4n) is 0.810. The van der Waals surface area contributed by atoms with Gasteiger partial charge in [0.25, 0.3) is 0 Å². The third-order valence-electron chi connectivity index (χ3n) is 1.53. The molecule has 14 heavy (non-hydrogen) atoms. The van der Waals surface area contributed by atoms with Gasteiger partial charge in [0.2, 0.25) is 0 Å². The first-order valence-electron chi connectivity index (χ1n) is 4.59. The Kier molecular flexibility index (Phi) is 5.37. The number of hydrogen-bond donors (Lipinski definition) is 0. The van der Waals surface area contributed by atoms with Crippen LogP contribution in [0.25, 0.3) is 0 Å². The molecule has 1 aromatic heterocycles. The molecule has 0 saturated heterocycles. The van der Waals surface area contributed by atoms with Gasteiger partial charge in [-0.15, -0.1) is 0 Å². The molecule has 1 heterocycles. The minimum absolute atomic E-state index is 0.0439. The first kappa shape index (κ1) is 12.5. The molecule has 3 heteroatoms. The normalized spacial score (nSPS) is 8.57. The van der Waals surface area contributed by atoms with Crippen LogP contribution < -0.4 is 0 Å². The molecule has 0 bridgehead atoms. The molecule has 0 N–H and O–H groups in total. The summed E-state index contributed by atoms with van der Waals surface area (Å²) in [7, 11) is 0. The SMILES string of the molecule is CC.CC(=O)c1ccc(C(C)=O)nc1. The Bertz CT molecular complexity index is 282. The van der Waals surface area contributed by atoms with Gasteiger partial charge in [-0.2, -0.15) is 0 Å². The van der Waals surface area contributed by atoms with Crippen molar-refractivity contribution < 1.29 is 9.59 Å². The minimum atomic E-state index is -0.0925. The Labute approximate surface area is 84.2 Å². The number of rotatable bonds is 2. The first-order chi connectivity index (χ1) is 6.61. The second-order valence-electron chi connectivity index (χ2n) is 2.54. The van der Waals surface area contributed by atoms with Crippen molar-refractivity contribution in [1.82, 2.24) is 4.98 Å². The first-order valence-corrected chi connectivity index (χ1v) is 4.59. The van der Waals surface area contributed by atoms with Crippen LogP contribution in [0.5, 0.6) is 0 Å². The van der Waals surface area contributed by atoms with Gasteiger partial charge in [0.1, 0.15) is 5.69 Å². The highest BCUT2D eigenvalue weighted by Crippen LogP contribution is 2.01. The molecule has 0 saturated carbocycles. The van der Waals surface area contributed by atoms with Gasteiger partial charge in [-0.05, 0) is 19.1 Å². The van der Waals surface area contributed by atoms with Gasteiger partial charge in [-0.3, -0.25) is 14.6 Å². The van der Waals surface area contributed by atoms with Crippen LogP contribution in [0, 0.1) is 0 Å². The Balaban J connectivity index is 0.000000791. The summed E-state index contributed by atoms with van der Waals surface area (Å²) in [6.45, 7) is 6.90. The van der Waals surface area contributed by atoms with Gasteiger partial charge >= 0.3 is 0 Å². The predicted octanol–water partition coefficient (Wildman–Crippen LogP) is 2.51. The van der Waals surface area contributed by atoms with Crippen LogP contribution in [0.4, 0.5) is 0 Å². The summed E-state index contributed by atoms with van der Waals surface area (Å²) in [5.74, 6) is -0.136. The van der Waals surface area contributed by atoms with E-state index in [2.05, 4.69) is 4.98 Å².